The van der Waals surface area contributed by atoms with Crippen LogP contribution in [0.4, 0.5) is 22.0 Å². The SMILES string of the molecule is CCC(C)(C)C(=O)OC1C2CC3C(=O)OC1C3C2.CCC(C)(C)C(=O)OCCOC(=O)C(F)(F)S(=O)(=O)O/N=C(\c1ccccc1)C(F)(F)F. The minimum Gasteiger partial charge on any atom is -0.462 e. The lowest BCUT2D eigenvalue weighted by Gasteiger charge is -2.29. The van der Waals surface area contributed by atoms with E-state index in [0.29, 0.717) is 18.3 Å². The fourth-order valence-corrected chi connectivity index (χ4v) is 5.81. The summed E-state index contributed by atoms with van der Waals surface area (Å²) in [7, 11) is -6.31. The number of carbonyl (C=O) groups excluding carboxylic acids is 4. The first-order valence-electron chi connectivity index (χ1n) is 15.8. The highest BCUT2D eigenvalue weighted by Gasteiger charge is 2.63. The maximum absolute atomic E-state index is 13.9. The zero-order chi connectivity index (χ0) is 37.9. The Balaban J connectivity index is 0.000000312. The molecule has 280 valence electrons. The molecular weight excluding hydrogens is 701 g/mol. The number of benzene rings is 1. The van der Waals surface area contributed by atoms with Crippen LogP contribution in [0.3, 0.4) is 0 Å². The molecule has 3 aliphatic rings. The van der Waals surface area contributed by atoms with Crippen LogP contribution in [0.15, 0.2) is 35.5 Å². The van der Waals surface area contributed by atoms with Crippen LogP contribution < -0.4 is 0 Å². The van der Waals surface area contributed by atoms with E-state index in [1.54, 1.807) is 20.8 Å². The van der Waals surface area contributed by atoms with Gasteiger partial charge in [-0.25, -0.2) is 4.79 Å². The van der Waals surface area contributed by atoms with Gasteiger partial charge in [0.25, 0.3) is 0 Å². The second kappa shape index (κ2) is 15.2. The van der Waals surface area contributed by atoms with Crippen molar-refractivity contribution in [3.8, 4) is 0 Å². The van der Waals surface area contributed by atoms with Crippen molar-refractivity contribution in [2.45, 2.75) is 90.9 Å². The molecule has 12 nitrogen and oxygen atoms in total. The van der Waals surface area contributed by atoms with Gasteiger partial charge in [0.1, 0.15) is 25.4 Å². The number of hydrogen-bond donors (Lipinski definition) is 0. The standard InChI is InChI=1S/C18H20F5NO7S.C14H20O4/c1-4-16(2,3)14(25)29-10-11-30-15(26)18(22,23)32(27,28)31-24-13(17(19,20)21)12-8-6-5-7-9-12;1-4-14(2,3)13(16)18-10-7-5-8-9(6-7)12(15)17-11(8)10/h5-9H,4,10-11H2,1-3H3;7-11H,4-6H2,1-3H3/b24-13+;. The Kier molecular flexibility index (Phi) is 12.3. The number of nitrogens with zero attached hydrogens (tertiary/aromatic N) is 1. The maximum atomic E-state index is 13.9. The average molecular weight is 742 g/mol. The molecule has 0 radical (unpaired) electrons. The summed E-state index contributed by atoms with van der Waals surface area (Å²) in [6.07, 6.45) is -2.67. The van der Waals surface area contributed by atoms with Crippen LogP contribution in [-0.4, -0.2) is 74.9 Å². The van der Waals surface area contributed by atoms with Crippen LogP contribution in [0.25, 0.3) is 0 Å². The highest BCUT2D eigenvalue weighted by Crippen LogP contribution is 2.55. The fourth-order valence-electron chi connectivity index (χ4n) is 5.28. The average Bonchev–Trinajstić information content (AvgIpc) is 3.68. The second-order valence-electron chi connectivity index (χ2n) is 13.4. The number of alkyl halides is 5. The summed E-state index contributed by atoms with van der Waals surface area (Å²) in [4.78, 5) is 46.9. The number of carbonyl (C=O) groups is 4. The Labute approximate surface area is 286 Å². The lowest BCUT2D eigenvalue weighted by atomic mass is 9.87. The van der Waals surface area contributed by atoms with Gasteiger partial charge in [-0.3, -0.25) is 18.7 Å². The number of ether oxygens (including phenoxy) is 4. The van der Waals surface area contributed by atoms with Gasteiger partial charge in [-0.05, 0) is 53.4 Å². The van der Waals surface area contributed by atoms with Crippen molar-refractivity contribution in [3.63, 3.8) is 0 Å². The molecule has 4 rings (SSSR count). The van der Waals surface area contributed by atoms with E-state index in [2.05, 4.69) is 14.2 Å². The van der Waals surface area contributed by atoms with E-state index in [-0.39, 0.29) is 30.1 Å². The van der Waals surface area contributed by atoms with Gasteiger partial charge in [0, 0.05) is 17.4 Å². The predicted octanol–water partition coefficient (Wildman–Crippen LogP) is 5.33. The van der Waals surface area contributed by atoms with E-state index in [1.165, 1.54) is 6.07 Å². The first kappa shape index (κ1) is 40.6. The molecule has 2 aliphatic carbocycles. The zero-order valence-corrected chi connectivity index (χ0v) is 29.1. The van der Waals surface area contributed by atoms with Crippen molar-refractivity contribution in [2.24, 2.45) is 33.7 Å². The summed E-state index contributed by atoms with van der Waals surface area (Å²) in [6.45, 7) is 8.96. The van der Waals surface area contributed by atoms with E-state index in [4.69, 9.17) is 14.2 Å². The molecule has 18 heteroatoms. The molecule has 0 N–H and O–H groups in total. The zero-order valence-electron chi connectivity index (χ0n) is 28.3. The van der Waals surface area contributed by atoms with Crippen molar-refractivity contribution in [1.82, 2.24) is 0 Å². The van der Waals surface area contributed by atoms with E-state index < -0.39 is 68.8 Å². The summed E-state index contributed by atoms with van der Waals surface area (Å²) >= 11 is 0. The molecule has 1 heterocycles. The summed E-state index contributed by atoms with van der Waals surface area (Å²) in [5.41, 5.74) is -3.93. The summed E-state index contributed by atoms with van der Waals surface area (Å²) < 4.78 is 114. The quantitative estimate of drug-likeness (QED) is 0.0642. The second-order valence-corrected chi connectivity index (χ2v) is 14.9. The minimum absolute atomic E-state index is 0.0779. The molecule has 50 heavy (non-hydrogen) atoms. The van der Waals surface area contributed by atoms with Gasteiger partial charge >= 0.3 is 45.4 Å². The van der Waals surface area contributed by atoms with E-state index in [1.807, 2.05) is 20.8 Å². The normalized spacial score (nSPS) is 23.4. The van der Waals surface area contributed by atoms with Crippen molar-refractivity contribution < 1.29 is 72.8 Å². The molecule has 1 aromatic rings. The van der Waals surface area contributed by atoms with Crippen LogP contribution in [0.1, 0.15) is 72.8 Å². The molecule has 0 amide bonds. The minimum atomic E-state index is -6.31. The number of oxime groups is 1. The number of fused-ring (bicyclic) bond motifs is 1. The van der Waals surface area contributed by atoms with Gasteiger partial charge in [-0.15, -0.1) is 0 Å². The Bertz CT molecular complexity index is 1560. The molecule has 5 atom stereocenters. The lowest BCUT2D eigenvalue weighted by molar-refractivity contribution is -0.170. The van der Waals surface area contributed by atoms with Crippen LogP contribution in [0.2, 0.25) is 0 Å². The third-order valence-electron chi connectivity index (χ3n) is 9.17. The van der Waals surface area contributed by atoms with E-state index in [0.717, 1.165) is 43.5 Å². The van der Waals surface area contributed by atoms with E-state index >= 15 is 0 Å². The number of rotatable bonds is 13. The van der Waals surface area contributed by atoms with Crippen molar-refractivity contribution in [2.75, 3.05) is 13.2 Å². The third-order valence-corrected chi connectivity index (χ3v) is 10.2. The third kappa shape index (κ3) is 8.90. The van der Waals surface area contributed by atoms with Crippen molar-refractivity contribution in [3.05, 3.63) is 35.9 Å². The molecule has 1 aliphatic heterocycles. The fraction of sp³-hybridized carbons (Fsp3) is 0.656. The molecule has 0 spiro atoms. The number of esters is 4. The smallest absolute Gasteiger partial charge is 0.462 e. The topological polar surface area (TPSA) is 161 Å². The lowest BCUT2D eigenvalue weighted by Crippen LogP contribution is -2.40. The monoisotopic (exact) mass is 741 g/mol. The Morgan fingerprint density at radius 2 is 1.40 bits per heavy atom. The summed E-state index contributed by atoms with van der Waals surface area (Å²) in [5, 5.41) is -3.10. The van der Waals surface area contributed by atoms with Gasteiger partial charge < -0.3 is 18.9 Å². The van der Waals surface area contributed by atoms with Gasteiger partial charge in [0.2, 0.25) is 0 Å². The molecule has 3 fully saturated rings. The Morgan fingerprint density at radius 1 is 0.860 bits per heavy atom. The van der Waals surface area contributed by atoms with Gasteiger partial charge in [0.15, 0.2) is 5.71 Å². The van der Waals surface area contributed by atoms with Crippen LogP contribution in [0, 0.1) is 28.6 Å². The highest BCUT2D eigenvalue weighted by atomic mass is 32.2. The largest absolute Gasteiger partial charge is 0.478 e. The van der Waals surface area contributed by atoms with Crippen LogP contribution in [-0.2, 0) is 52.5 Å². The molecule has 2 bridgehead atoms. The molecule has 0 aromatic heterocycles. The number of halogens is 5. The van der Waals surface area contributed by atoms with Crippen molar-refractivity contribution >= 4 is 39.7 Å². The van der Waals surface area contributed by atoms with E-state index in [9.17, 15) is 49.5 Å². The summed E-state index contributed by atoms with van der Waals surface area (Å²) in [5.74, 6) is -2.91. The first-order valence-corrected chi connectivity index (χ1v) is 17.2. The Hall–Kier alpha value is -3.83. The van der Waals surface area contributed by atoms with Crippen molar-refractivity contribution in [1.29, 1.82) is 0 Å². The molecular formula is C32H40F5NO11S. The van der Waals surface area contributed by atoms with Gasteiger partial charge in [-0.1, -0.05) is 49.3 Å². The van der Waals surface area contributed by atoms with Gasteiger partial charge in [-0.2, -0.15) is 30.4 Å². The van der Waals surface area contributed by atoms with Gasteiger partial charge in [0.05, 0.1) is 16.7 Å². The maximum Gasteiger partial charge on any atom is 0.478 e. The summed E-state index contributed by atoms with van der Waals surface area (Å²) in [6, 6.07) is 5.43. The highest BCUT2D eigenvalue weighted by molar-refractivity contribution is 7.88. The first-order chi connectivity index (χ1) is 23.0. The Morgan fingerprint density at radius 3 is 1.94 bits per heavy atom. The molecule has 1 saturated heterocycles. The molecule has 2 saturated carbocycles. The number of hydrogen-bond acceptors (Lipinski definition) is 12. The molecule has 5 unspecified atom stereocenters. The predicted molar refractivity (Wildman–Crippen MR) is 164 cm³/mol. The van der Waals surface area contributed by atoms with Crippen LogP contribution >= 0.6 is 0 Å². The molecule has 1 aromatic carbocycles. The van der Waals surface area contributed by atoms with Crippen LogP contribution in [0.5, 0.6) is 0 Å².